The number of likely N-dealkylation sites (N-methyl/N-ethyl adjacent to an activating group) is 1. The molecule has 0 aliphatic heterocycles. The zero-order chi connectivity index (χ0) is 15.9. The van der Waals surface area contributed by atoms with Crippen LogP contribution >= 0.6 is 11.3 Å². The van der Waals surface area contributed by atoms with Crippen molar-refractivity contribution in [3.63, 3.8) is 0 Å². The molecule has 1 aromatic heterocycles. The number of anilines is 1. The summed E-state index contributed by atoms with van der Waals surface area (Å²) in [6.45, 7) is 1.19. The third-order valence-electron chi connectivity index (χ3n) is 3.18. The fourth-order valence-corrected chi connectivity index (χ4v) is 2.83. The van der Waals surface area contributed by atoms with Gasteiger partial charge in [0.1, 0.15) is 6.54 Å². The molecule has 2 aromatic rings. The van der Waals surface area contributed by atoms with E-state index >= 15 is 0 Å². The van der Waals surface area contributed by atoms with E-state index in [2.05, 4.69) is 22.1 Å². The van der Waals surface area contributed by atoms with Gasteiger partial charge in [0, 0.05) is 23.9 Å². The summed E-state index contributed by atoms with van der Waals surface area (Å²) in [6.07, 6.45) is 0. The van der Waals surface area contributed by atoms with Gasteiger partial charge in [0.2, 0.25) is 0 Å². The summed E-state index contributed by atoms with van der Waals surface area (Å²) in [7, 11) is 3.56. The van der Waals surface area contributed by atoms with Crippen molar-refractivity contribution in [2.24, 2.45) is 0 Å². The number of hydrogen-bond donors (Lipinski definition) is 3. The Morgan fingerprint density at radius 2 is 2.09 bits per heavy atom. The fourth-order valence-electron chi connectivity index (χ4n) is 2.17. The van der Waals surface area contributed by atoms with Crippen LogP contribution in [0.3, 0.4) is 0 Å². The number of nitrogens with one attached hydrogen (secondary N) is 3. The Balaban J connectivity index is 1.90. The molecular weight excluding hydrogens is 298 g/mol. The standard InChI is InChI=1S/C16H19N3O2S/c1-17-16(21)13-4-3-5-14(8-13)18-15(20)10-19(2)9-12-6-7-22-11-12/h3-8,11H,9-10H2,1-2H3,(H,17,21)(H,18,20)/p+1. The normalized spacial score (nSPS) is 11.7. The molecule has 1 heterocycles. The Morgan fingerprint density at radius 3 is 2.77 bits per heavy atom. The predicted molar refractivity (Wildman–Crippen MR) is 88.2 cm³/mol. The molecule has 6 heteroatoms. The minimum atomic E-state index is -0.170. The van der Waals surface area contributed by atoms with Gasteiger partial charge in [-0.3, -0.25) is 9.59 Å². The van der Waals surface area contributed by atoms with Crippen LogP contribution in [0.5, 0.6) is 0 Å². The second kappa shape index (κ2) is 7.72. The van der Waals surface area contributed by atoms with Gasteiger partial charge in [-0.15, -0.1) is 0 Å². The number of rotatable bonds is 6. The van der Waals surface area contributed by atoms with E-state index in [0.29, 0.717) is 17.8 Å². The average Bonchev–Trinajstić information content (AvgIpc) is 2.99. The maximum absolute atomic E-state index is 12.1. The van der Waals surface area contributed by atoms with Crippen LogP contribution in [0.15, 0.2) is 41.1 Å². The second-order valence-electron chi connectivity index (χ2n) is 5.15. The van der Waals surface area contributed by atoms with Crippen LogP contribution in [-0.2, 0) is 11.3 Å². The maximum Gasteiger partial charge on any atom is 0.279 e. The van der Waals surface area contributed by atoms with Crippen molar-refractivity contribution >= 4 is 28.8 Å². The highest BCUT2D eigenvalue weighted by molar-refractivity contribution is 7.07. The Labute approximate surface area is 134 Å². The number of benzene rings is 1. The Morgan fingerprint density at radius 1 is 1.27 bits per heavy atom. The largest absolute Gasteiger partial charge is 0.355 e. The van der Waals surface area contributed by atoms with Crippen LogP contribution in [0.25, 0.3) is 0 Å². The second-order valence-corrected chi connectivity index (χ2v) is 5.93. The van der Waals surface area contributed by atoms with Gasteiger partial charge in [-0.1, -0.05) is 6.07 Å². The molecule has 0 saturated heterocycles. The highest BCUT2D eigenvalue weighted by Gasteiger charge is 2.12. The third kappa shape index (κ3) is 4.68. The molecule has 2 amide bonds. The summed E-state index contributed by atoms with van der Waals surface area (Å²) in [5.41, 5.74) is 2.39. The smallest absolute Gasteiger partial charge is 0.279 e. The first-order valence-corrected chi connectivity index (χ1v) is 7.97. The Kier molecular flexibility index (Phi) is 5.68. The molecular formula is C16H20N3O2S+. The molecule has 2 rings (SSSR count). The maximum atomic E-state index is 12.1. The van der Waals surface area contributed by atoms with Crippen LogP contribution in [0.1, 0.15) is 15.9 Å². The Bertz CT molecular complexity index is 641. The molecule has 22 heavy (non-hydrogen) atoms. The zero-order valence-electron chi connectivity index (χ0n) is 12.7. The van der Waals surface area contributed by atoms with Crippen molar-refractivity contribution in [1.82, 2.24) is 5.32 Å². The van der Waals surface area contributed by atoms with Gasteiger partial charge in [-0.2, -0.15) is 11.3 Å². The summed E-state index contributed by atoms with van der Waals surface area (Å²) < 4.78 is 0. The van der Waals surface area contributed by atoms with Crippen molar-refractivity contribution in [2.75, 3.05) is 26.0 Å². The van der Waals surface area contributed by atoms with E-state index in [-0.39, 0.29) is 11.8 Å². The topological polar surface area (TPSA) is 62.6 Å². The van der Waals surface area contributed by atoms with Crippen LogP contribution in [0.4, 0.5) is 5.69 Å². The summed E-state index contributed by atoms with van der Waals surface area (Å²) in [5.74, 6) is -0.238. The van der Waals surface area contributed by atoms with Gasteiger partial charge in [0.05, 0.1) is 7.05 Å². The first-order valence-electron chi connectivity index (χ1n) is 7.03. The molecule has 0 bridgehead atoms. The average molecular weight is 318 g/mol. The van der Waals surface area contributed by atoms with E-state index < -0.39 is 0 Å². The lowest BCUT2D eigenvalue weighted by molar-refractivity contribution is -0.885. The van der Waals surface area contributed by atoms with E-state index in [1.807, 2.05) is 12.4 Å². The van der Waals surface area contributed by atoms with Crippen molar-refractivity contribution in [3.8, 4) is 0 Å². The monoisotopic (exact) mass is 318 g/mol. The fraction of sp³-hybridized carbons (Fsp3) is 0.250. The quantitative estimate of drug-likeness (QED) is 0.736. The molecule has 1 aromatic carbocycles. The minimum Gasteiger partial charge on any atom is -0.355 e. The molecule has 1 unspecified atom stereocenters. The molecule has 0 aliphatic carbocycles. The number of amides is 2. The number of hydrogen-bond acceptors (Lipinski definition) is 3. The predicted octanol–water partition coefficient (Wildman–Crippen LogP) is 0.761. The van der Waals surface area contributed by atoms with E-state index in [0.717, 1.165) is 11.4 Å². The van der Waals surface area contributed by atoms with Crippen molar-refractivity contribution in [3.05, 3.63) is 52.2 Å². The van der Waals surface area contributed by atoms with Crippen LogP contribution in [0, 0.1) is 0 Å². The summed E-state index contributed by atoms with van der Waals surface area (Å²) in [6, 6.07) is 8.98. The lowest BCUT2D eigenvalue weighted by atomic mass is 10.2. The number of carbonyl (C=O) groups excluding carboxylic acids is 2. The lowest BCUT2D eigenvalue weighted by Crippen LogP contribution is -3.08. The van der Waals surface area contributed by atoms with Gasteiger partial charge in [-0.25, -0.2) is 0 Å². The van der Waals surface area contributed by atoms with Gasteiger partial charge in [0.25, 0.3) is 11.8 Å². The van der Waals surface area contributed by atoms with Crippen LogP contribution < -0.4 is 15.5 Å². The Hall–Kier alpha value is -2.18. The molecule has 0 spiro atoms. The first-order chi connectivity index (χ1) is 10.6. The van der Waals surface area contributed by atoms with E-state index in [1.54, 1.807) is 42.6 Å². The SMILES string of the molecule is CNC(=O)c1cccc(NC(=O)C[NH+](C)Cc2ccsc2)c1. The van der Waals surface area contributed by atoms with E-state index in [1.165, 1.54) is 5.56 Å². The summed E-state index contributed by atoms with van der Waals surface area (Å²) >= 11 is 1.66. The highest BCUT2D eigenvalue weighted by atomic mass is 32.1. The molecule has 0 saturated carbocycles. The van der Waals surface area contributed by atoms with E-state index in [4.69, 9.17) is 0 Å². The third-order valence-corrected chi connectivity index (χ3v) is 3.92. The molecule has 1 atom stereocenters. The van der Waals surface area contributed by atoms with Gasteiger partial charge < -0.3 is 15.5 Å². The van der Waals surface area contributed by atoms with E-state index in [9.17, 15) is 9.59 Å². The summed E-state index contributed by atoms with van der Waals surface area (Å²) in [5, 5.41) is 9.52. The molecule has 0 fully saturated rings. The van der Waals surface area contributed by atoms with Crippen molar-refractivity contribution in [2.45, 2.75) is 6.54 Å². The molecule has 0 aliphatic rings. The molecule has 0 radical (unpaired) electrons. The highest BCUT2D eigenvalue weighted by Crippen LogP contribution is 2.10. The number of carbonyl (C=O) groups is 2. The van der Waals surface area contributed by atoms with Crippen molar-refractivity contribution < 1.29 is 14.5 Å². The number of quaternary nitrogens is 1. The van der Waals surface area contributed by atoms with Crippen LogP contribution in [0.2, 0.25) is 0 Å². The van der Waals surface area contributed by atoms with Crippen molar-refractivity contribution in [1.29, 1.82) is 0 Å². The zero-order valence-corrected chi connectivity index (χ0v) is 13.5. The lowest BCUT2D eigenvalue weighted by Gasteiger charge is -2.13. The van der Waals surface area contributed by atoms with Gasteiger partial charge in [-0.05, 0) is 35.0 Å². The van der Waals surface area contributed by atoms with Crippen LogP contribution in [-0.4, -0.2) is 32.5 Å². The summed E-state index contributed by atoms with van der Waals surface area (Å²) in [4.78, 5) is 24.8. The van der Waals surface area contributed by atoms with Gasteiger partial charge >= 0.3 is 0 Å². The number of thiophene rings is 1. The first kappa shape index (κ1) is 16.2. The van der Waals surface area contributed by atoms with Gasteiger partial charge in [0.15, 0.2) is 6.54 Å². The molecule has 5 nitrogen and oxygen atoms in total. The minimum absolute atomic E-state index is 0.0678. The molecule has 3 N–H and O–H groups in total. The molecule has 116 valence electrons.